The quantitative estimate of drug-likeness (QED) is 0.581. The van der Waals surface area contributed by atoms with Crippen LogP contribution in [0.25, 0.3) is 0 Å². The topological polar surface area (TPSA) is 63.4 Å². The van der Waals surface area contributed by atoms with Gasteiger partial charge in [-0.3, -0.25) is 14.9 Å². The van der Waals surface area contributed by atoms with Gasteiger partial charge in [0.05, 0.1) is 10.8 Å². The van der Waals surface area contributed by atoms with E-state index in [1.807, 2.05) is 0 Å². The molecule has 1 unspecified atom stereocenters. The van der Waals surface area contributed by atoms with Crippen LogP contribution in [0.3, 0.4) is 0 Å². The molecule has 1 aliphatic rings. The van der Waals surface area contributed by atoms with Crippen LogP contribution in [-0.2, 0) is 4.79 Å². The van der Waals surface area contributed by atoms with Gasteiger partial charge in [0.1, 0.15) is 0 Å². The number of halogens is 1. The van der Waals surface area contributed by atoms with Crippen molar-refractivity contribution in [2.24, 2.45) is 0 Å². The van der Waals surface area contributed by atoms with Gasteiger partial charge in [-0.25, -0.2) is 0 Å². The number of nitrogens with zero attached hydrogens (tertiary/aromatic N) is 2. The number of nitro benzene ring substituents is 1. The van der Waals surface area contributed by atoms with Crippen LogP contribution in [0.2, 0.25) is 0 Å². The van der Waals surface area contributed by atoms with Crippen molar-refractivity contribution in [3.8, 4) is 0 Å². The first-order valence-electron chi connectivity index (χ1n) is 5.19. The molecule has 0 saturated carbocycles. The molecule has 2 rings (SSSR count). The lowest BCUT2D eigenvalue weighted by atomic mass is 9.97. The number of benzene rings is 1. The van der Waals surface area contributed by atoms with Gasteiger partial charge >= 0.3 is 5.69 Å². The lowest BCUT2D eigenvalue weighted by Gasteiger charge is -2.10. The zero-order valence-corrected chi connectivity index (χ0v) is 9.22. The molecule has 0 bridgehead atoms. The summed E-state index contributed by atoms with van der Waals surface area (Å²) in [6.07, 6.45) is 0.609. The third-order valence-electron chi connectivity index (χ3n) is 3.00. The van der Waals surface area contributed by atoms with E-state index in [1.54, 1.807) is 11.9 Å². The van der Waals surface area contributed by atoms with E-state index in [1.165, 1.54) is 6.07 Å². The Bertz CT molecular complexity index is 490. The number of hydrogen-bond donors (Lipinski definition) is 0. The Balaban J connectivity index is 2.37. The zero-order chi connectivity index (χ0) is 12.6. The monoisotopic (exact) mass is 238 g/mol. The Morgan fingerprint density at radius 3 is 2.76 bits per heavy atom. The van der Waals surface area contributed by atoms with Gasteiger partial charge in [0.15, 0.2) is 0 Å². The van der Waals surface area contributed by atoms with Crippen molar-refractivity contribution < 1.29 is 14.1 Å². The minimum absolute atomic E-state index is 0.0779. The number of carbonyl (C=O) groups excluding carboxylic acids is 1. The van der Waals surface area contributed by atoms with Crippen molar-refractivity contribution in [3.63, 3.8) is 0 Å². The molecule has 1 atom stereocenters. The summed E-state index contributed by atoms with van der Waals surface area (Å²) in [7, 11) is 1.68. The summed E-state index contributed by atoms with van der Waals surface area (Å²) in [5.41, 5.74) is -0.0719. The smallest absolute Gasteiger partial charge is 0.305 e. The number of amides is 1. The van der Waals surface area contributed by atoms with E-state index in [4.69, 9.17) is 0 Å². The van der Waals surface area contributed by atoms with Crippen LogP contribution in [-0.4, -0.2) is 29.3 Å². The van der Waals surface area contributed by atoms with Crippen LogP contribution in [0.4, 0.5) is 10.1 Å². The Kier molecular flexibility index (Phi) is 2.79. The maximum Gasteiger partial charge on any atom is 0.305 e. The fourth-order valence-corrected chi connectivity index (χ4v) is 2.02. The minimum atomic E-state index is -0.877. The molecule has 1 aromatic carbocycles. The van der Waals surface area contributed by atoms with E-state index >= 15 is 0 Å². The van der Waals surface area contributed by atoms with Crippen LogP contribution in [0.1, 0.15) is 17.9 Å². The average molecular weight is 238 g/mol. The van der Waals surface area contributed by atoms with Gasteiger partial charge < -0.3 is 4.90 Å². The van der Waals surface area contributed by atoms with Crippen LogP contribution in [0.15, 0.2) is 18.2 Å². The fraction of sp³-hybridized carbons (Fsp3) is 0.364. The summed E-state index contributed by atoms with van der Waals surface area (Å²) < 4.78 is 13.1. The van der Waals surface area contributed by atoms with Crippen molar-refractivity contribution in [3.05, 3.63) is 39.7 Å². The molecule has 0 aliphatic carbocycles. The molecule has 1 fully saturated rings. The van der Waals surface area contributed by atoms with E-state index in [2.05, 4.69) is 0 Å². The van der Waals surface area contributed by atoms with E-state index < -0.39 is 16.4 Å². The number of likely N-dealkylation sites (tertiary alicyclic amines) is 1. The van der Waals surface area contributed by atoms with Crippen molar-refractivity contribution in [1.29, 1.82) is 0 Å². The fourth-order valence-electron chi connectivity index (χ4n) is 2.02. The second-order valence-electron chi connectivity index (χ2n) is 4.07. The van der Waals surface area contributed by atoms with E-state index in [9.17, 15) is 19.3 Å². The highest BCUT2D eigenvalue weighted by molar-refractivity contribution is 5.85. The molecule has 5 nitrogen and oxygen atoms in total. The number of nitro groups is 1. The summed E-state index contributed by atoms with van der Waals surface area (Å²) in [5.74, 6) is -1.34. The lowest BCUT2D eigenvalue weighted by molar-refractivity contribution is -0.387. The van der Waals surface area contributed by atoms with Crippen molar-refractivity contribution in [2.45, 2.75) is 12.3 Å². The molecule has 0 radical (unpaired) electrons. The van der Waals surface area contributed by atoms with E-state index in [0.29, 0.717) is 18.5 Å². The van der Waals surface area contributed by atoms with Crippen molar-refractivity contribution >= 4 is 11.6 Å². The second-order valence-corrected chi connectivity index (χ2v) is 4.07. The number of carbonyl (C=O) groups is 1. The molecule has 90 valence electrons. The second kappa shape index (κ2) is 4.12. The van der Waals surface area contributed by atoms with Gasteiger partial charge in [0.25, 0.3) is 0 Å². The molecule has 0 spiro atoms. The molecule has 1 aromatic rings. The molecule has 1 saturated heterocycles. The number of likely N-dealkylation sites (N-methyl/N-ethyl adjacent to an activating group) is 1. The van der Waals surface area contributed by atoms with E-state index in [-0.39, 0.29) is 11.8 Å². The normalized spacial score (nSPS) is 19.8. The summed E-state index contributed by atoms with van der Waals surface area (Å²) >= 11 is 0. The van der Waals surface area contributed by atoms with Crippen molar-refractivity contribution in [2.75, 3.05) is 13.6 Å². The maximum absolute atomic E-state index is 13.1. The number of rotatable bonds is 2. The highest BCUT2D eigenvalue weighted by atomic mass is 19.1. The molecule has 1 heterocycles. The van der Waals surface area contributed by atoms with Crippen LogP contribution in [0, 0.1) is 15.9 Å². The third kappa shape index (κ3) is 1.98. The highest BCUT2D eigenvalue weighted by Crippen LogP contribution is 2.30. The molecule has 17 heavy (non-hydrogen) atoms. The van der Waals surface area contributed by atoms with E-state index in [0.717, 1.165) is 12.1 Å². The first-order chi connectivity index (χ1) is 8.00. The highest BCUT2D eigenvalue weighted by Gasteiger charge is 2.31. The van der Waals surface area contributed by atoms with Crippen LogP contribution < -0.4 is 0 Å². The van der Waals surface area contributed by atoms with Gasteiger partial charge in [0.2, 0.25) is 11.7 Å². The average Bonchev–Trinajstić information content (AvgIpc) is 2.60. The summed E-state index contributed by atoms with van der Waals surface area (Å²) in [4.78, 5) is 23.1. The largest absolute Gasteiger partial charge is 0.345 e. The molecule has 1 amide bonds. The Morgan fingerprint density at radius 1 is 1.53 bits per heavy atom. The van der Waals surface area contributed by atoms with Gasteiger partial charge in [0, 0.05) is 19.7 Å². The van der Waals surface area contributed by atoms with Crippen molar-refractivity contribution in [1.82, 2.24) is 4.90 Å². The number of hydrogen-bond acceptors (Lipinski definition) is 3. The standard InChI is InChI=1S/C11H11FN2O3/c1-13-5-4-8(11(13)15)7-2-3-9(12)10(6-7)14(16)17/h2-3,6,8H,4-5H2,1H3. The summed E-state index contributed by atoms with van der Waals surface area (Å²) in [6, 6.07) is 3.63. The van der Waals surface area contributed by atoms with Crippen LogP contribution >= 0.6 is 0 Å². The first kappa shape index (κ1) is 11.5. The Hall–Kier alpha value is -1.98. The summed E-state index contributed by atoms with van der Waals surface area (Å²) in [5, 5.41) is 10.6. The molecule has 0 N–H and O–H groups in total. The maximum atomic E-state index is 13.1. The zero-order valence-electron chi connectivity index (χ0n) is 9.22. The first-order valence-corrected chi connectivity index (χ1v) is 5.19. The Morgan fingerprint density at radius 2 is 2.24 bits per heavy atom. The third-order valence-corrected chi connectivity index (χ3v) is 3.00. The minimum Gasteiger partial charge on any atom is -0.345 e. The predicted molar refractivity (Wildman–Crippen MR) is 58.0 cm³/mol. The van der Waals surface area contributed by atoms with Crippen LogP contribution in [0.5, 0.6) is 0 Å². The molecular weight excluding hydrogens is 227 g/mol. The predicted octanol–water partition coefficient (Wildman–Crippen LogP) is 1.68. The van der Waals surface area contributed by atoms with Gasteiger partial charge in [-0.2, -0.15) is 4.39 Å². The molecule has 1 aliphatic heterocycles. The Labute approximate surface area is 97.0 Å². The summed E-state index contributed by atoms with van der Waals surface area (Å²) in [6.45, 7) is 0.620. The van der Waals surface area contributed by atoms with Gasteiger partial charge in [-0.1, -0.05) is 6.07 Å². The van der Waals surface area contributed by atoms with Gasteiger partial charge in [-0.15, -0.1) is 0 Å². The lowest BCUT2D eigenvalue weighted by Crippen LogP contribution is -2.21. The molecular formula is C11H11FN2O3. The molecule has 6 heteroatoms. The SMILES string of the molecule is CN1CCC(c2ccc(F)c([N+](=O)[O-])c2)C1=O. The van der Waals surface area contributed by atoms with Gasteiger partial charge in [-0.05, 0) is 18.1 Å². The molecule has 0 aromatic heterocycles.